The zero-order valence-electron chi connectivity index (χ0n) is 27.1. The van der Waals surface area contributed by atoms with Gasteiger partial charge in [-0.25, -0.2) is 4.98 Å². The van der Waals surface area contributed by atoms with Crippen molar-refractivity contribution in [2.45, 2.75) is 64.5 Å². The second-order valence-corrected chi connectivity index (χ2v) is 11.4. The topological polar surface area (TPSA) is 107 Å². The minimum atomic E-state index is 0.0347. The zero-order chi connectivity index (χ0) is 31.6. The van der Waals surface area contributed by atoms with E-state index < -0.39 is 0 Å². The van der Waals surface area contributed by atoms with E-state index in [0.29, 0.717) is 19.6 Å². The molecule has 7 N–H and O–H groups in total. The Morgan fingerprint density at radius 2 is 1.59 bits per heavy atom. The van der Waals surface area contributed by atoms with Gasteiger partial charge in [0.2, 0.25) is 0 Å². The maximum Gasteiger partial charge on any atom is 0.128 e. The van der Waals surface area contributed by atoms with Crippen LogP contribution < -0.4 is 32.3 Å². The highest BCUT2D eigenvalue weighted by atomic mass is 15.3. The summed E-state index contributed by atoms with van der Waals surface area (Å²) in [7, 11) is 0. The summed E-state index contributed by atoms with van der Waals surface area (Å²) >= 11 is 0. The van der Waals surface area contributed by atoms with Gasteiger partial charge < -0.3 is 37.2 Å². The van der Waals surface area contributed by atoms with E-state index in [0.717, 1.165) is 87.6 Å². The van der Waals surface area contributed by atoms with E-state index in [2.05, 4.69) is 106 Å². The van der Waals surface area contributed by atoms with Crippen LogP contribution in [-0.2, 0) is 6.42 Å². The zero-order valence-corrected chi connectivity index (χ0v) is 27.1. The number of allylic oxidation sites excluding steroid dienone is 2. The Morgan fingerprint density at radius 1 is 0.886 bits per heavy atom. The summed E-state index contributed by atoms with van der Waals surface area (Å²) in [6.07, 6.45) is 12.3. The Balaban J connectivity index is 1.69. The van der Waals surface area contributed by atoms with Crippen LogP contribution in [0.4, 0.5) is 5.82 Å². The van der Waals surface area contributed by atoms with Crippen LogP contribution >= 0.6 is 0 Å². The normalized spacial score (nSPS) is 15.5. The minimum absolute atomic E-state index is 0.0347. The lowest BCUT2D eigenvalue weighted by atomic mass is 10.0. The van der Waals surface area contributed by atoms with Crippen molar-refractivity contribution in [3.8, 4) is 0 Å². The van der Waals surface area contributed by atoms with Crippen LogP contribution in [0.5, 0.6) is 0 Å². The molecule has 1 aliphatic heterocycles. The third kappa shape index (κ3) is 11.4. The number of unbranched alkanes of at least 4 members (excludes halogenated alkanes) is 1. The van der Waals surface area contributed by atoms with Crippen molar-refractivity contribution in [3.63, 3.8) is 0 Å². The minimum Gasteiger partial charge on any atom is -0.381 e. The van der Waals surface area contributed by atoms with Gasteiger partial charge in [0.15, 0.2) is 0 Å². The summed E-state index contributed by atoms with van der Waals surface area (Å²) in [6.45, 7) is 18.5. The molecule has 0 bridgehead atoms. The molecule has 0 amide bonds. The van der Waals surface area contributed by atoms with Gasteiger partial charge in [0.25, 0.3) is 0 Å². The average Bonchev–Trinajstić information content (AvgIpc) is 3.06. The molecule has 2 heterocycles. The molecule has 1 aliphatic rings. The first kappa shape index (κ1) is 34.7. The van der Waals surface area contributed by atoms with Crippen LogP contribution in [0.3, 0.4) is 0 Å². The highest BCUT2D eigenvalue weighted by molar-refractivity contribution is 5.38. The molecule has 0 saturated carbocycles. The number of nitrogens with zero attached hydrogens (tertiary/aromatic N) is 3. The third-order valence-corrected chi connectivity index (χ3v) is 7.93. The molecule has 1 saturated heterocycles. The van der Waals surface area contributed by atoms with Crippen molar-refractivity contribution in [3.05, 3.63) is 108 Å². The van der Waals surface area contributed by atoms with E-state index in [1.54, 1.807) is 0 Å². The number of pyridine rings is 1. The summed E-state index contributed by atoms with van der Waals surface area (Å²) in [5, 5.41) is 11.1. The van der Waals surface area contributed by atoms with Crippen LogP contribution in [0.1, 0.15) is 51.5 Å². The number of benzene rings is 1. The molecule has 0 radical (unpaired) electrons. The Labute approximate surface area is 266 Å². The predicted molar refractivity (Wildman–Crippen MR) is 187 cm³/mol. The maximum atomic E-state index is 5.92. The van der Waals surface area contributed by atoms with Gasteiger partial charge in [0, 0.05) is 61.7 Å². The molecule has 0 spiro atoms. The summed E-state index contributed by atoms with van der Waals surface area (Å²) in [5.41, 5.74) is 17.3. The molecule has 2 atom stereocenters. The smallest absolute Gasteiger partial charge is 0.128 e. The number of rotatable bonds is 20. The first-order valence-electron chi connectivity index (χ1n) is 16.4. The summed E-state index contributed by atoms with van der Waals surface area (Å²) in [5.74, 6) is 1.05. The van der Waals surface area contributed by atoms with Crippen molar-refractivity contribution in [1.29, 1.82) is 0 Å². The van der Waals surface area contributed by atoms with Crippen molar-refractivity contribution in [2.75, 3.05) is 50.7 Å². The van der Waals surface area contributed by atoms with Crippen LogP contribution in [0, 0.1) is 0 Å². The quantitative estimate of drug-likeness (QED) is 0.140. The van der Waals surface area contributed by atoms with Gasteiger partial charge in [-0.15, -0.1) is 0 Å². The average molecular weight is 601 g/mol. The maximum absolute atomic E-state index is 5.92. The number of hydrogen-bond acceptors (Lipinski definition) is 8. The Bertz CT molecular complexity index is 1170. The number of hydrogen-bond donors (Lipinski definition) is 5. The molecule has 8 nitrogen and oxygen atoms in total. The number of nitrogens with two attached hydrogens (primary N) is 2. The summed E-state index contributed by atoms with van der Waals surface area (Å²) in [6, 6.07) is 16.9. The first-order chi connectivity index (χ1) is 21.5. The number of nitrogens with one attached hydrogen (secondary N) is 3. The van der Waals surface area contributed by atoms with Crippen molar-refractivity contribution in [1.82, 2.24) is 25.8 Å². The fourth-order valence-corrected chi connectivity index (χ4v) is 5.68. The van der Waals surface area contributed by atoms with E-state index in [9.17, 15) is 0 Å². The van der Waals surface area contributed by atoms with Crippen molar-refractivity contribution < 1.29 is 0 Å². The first-order valence-corrected chi connectivity index (χ1v) is 16.4. The lowest BCUT2D eigenvalue weighted by molar-refractivity contribution is 0.286. The van der Waals surface area contributed by atoms with Crippen LogP contribution in [-0.4, -0.2) is 67.8 Å². The highest BCUT2D eigenvalue weighted by Crippen LogP contribution is 2.21. The Hall–Kier alpha value is -3.75. The van der Waals surface area contributed by atoms with E-state index in [-0.39, 0.29) is 12.1 Å². The monoisotopic (exact) mass is 600 g/mol. The predicted octanol–water partition coefficient (Wildman–Crippen LogP) is 4.66. The van der Waals surface area contributed by atoms with Crippen LogP contribution in [0.25, 0.3) is 0 Å². The van der Waals surface area contributed by atoms with Gasteiger partial charge in [0.1, 0.15) is 5.82 Å². The lowest BCUT2D eigenvalue weighted by Gasteiger charge is -2.41. The molecule has 8 heteroatoms. The number of aromatic nitrogens is 1. The summed E-state index contributed by atoms with van der Waals surface area (Å²) < 4.78 is 0. The van der Waals surface area contributed by atoms with Crippen molar-refractivity contribution in [2.24, 2.45) is 11.5 Å². The molecule has 2 unspecified atom stereocenters. The Kier molecular flexibility index (Phi) is 15.4. The van der Waals surface area contributed by atoms with Gasteiger partial charge in [-0.05, 0) is 62.8 Å². The molecule has 1 fully saturated rings. The van der Waals surface area contributed by atoms with Crippen molar-refractivity contribution >= 4 is 5.82 Å². The van der Waals surface area contributed by atoms with E-state index >= 15 is 0 Å². The number of piperazine rings is 1. The van der Waals surface area contributed by atoms with E-state index in [4.69, 9.17) is 11.5 Å². The molecule has 240 valence electrons. The number of anilines is 1. The van der Waals surface area contributed by atoms with Gasteiger partial charge in [-0.1, -0.05) is 75.6 Å². The molecule has 1 aromatic carbocycles. The van der Waals surface area contributed by atoms with Crippen LogP contribution in [0.2, 0.25) is 0 Å². The molecule has 3 rings (SSSR count). The van der Waals surface area contributed by atoms with E-state index in [1.165, 1.54) is 11.3 Å². The molecular weight excluding hydrogens is 544 g/mol. The fourth-order valence-electron chi connectivity index (χ4n) is 5.68. The molecular formula is C36H56N8. The Morgan fingerprint density at radius 3 is 2.23 bits per heavy atom. The molecule has 2 aromatic rings. The fraction of sp³-hybridized carbons (Fsp3) is 0.472. The standard InChI is InChI=1S/C36H56N8/c1-5-14-32(34(41-29(3)27-38)26-31-16-8-7-9-17-31)40-28-30(4)42-33(18-10-12-20-37)35(15-6-2)43-22-24-44(25-23-43)36-19-11-13-21-39-36/h7-9,11,13-17,19,21,33-34,40-42H,3-6,10,12,18,20,22-28,37-38H2,1-2H3. The largest absolute Gasteiger partial charge is 0.381 e. The third-order valence-electron chi connectivity index (χ3n) is 7.93. The molecule has 44 heavy (non-hydrogen) atoms. The second-order valence-electron chi connectivity index (χ2n) is 11.4. The van der Waals surface area contributed by atoms with Gasteiger partial charge >= 0.3 is 0 Å². The molecule has 0 aliphatic carbocycles. The van der Waals surface area contributed by atoms with Crippen LogP contribution in [0.15, 0.2) is 103 Å². The van der Waals surface area contributed by atoms with E-state index in [1.807, 2.05) is 18.3 Å². The van der Waals surface area contributed by atoms with Gasteiger partial charge in [-0.3, -0.25) is 0 Å². The summed E-state index contributed by atoms with van der Waals surface area (Å²) in [4.78, 5) is 9.49. The molecule has 1 aromatic heterocycles. The second kappa shape index (κ2) is 19.5. The lowest BCUT2D eigenvalue weighted by Crippen LogP contribution is -2.50. The SMILES string of the molecule is C=C(CN)NC(Cc1ccccc1)C(=CCC)NCC(=C)NC(CCCCN)C(=CCC)N1CCN(c2ccccn2)CC1. The van der Waals surface area contributed by atoms with Gasteiger partial charge in [0.05, 0.1) is 18.6 Å². The highest BCUT2D eigenvalue weighted by Gasteiger charge is 2.25. The van der Waals surface area contributed by atoms with Gasteiger partial charge in [-0.2, -0.15) is 0 Å².